The molecule has 0 atom stereocenters. The fourth-order valence-corrected chi connectivity index (χ4v) is 2.54. The van der Waals surface area contributed by atoms with Gasteiger partial charge in [-0.3, -0.25) is 4.79 Å². The fourth-order valence-electron chi connectivity index (χ4n) is 2.54. The lowest BCUT2D eigenvalue weighted by molar-refractivity contribution is 0.0556. The van der Waals surface area contributed by atoms with Crippen LogP contribution in [0.15, 0.2) is 24.3 Å². The number of ether oxygens (including phenoxy) is 1. The first-order chi connectivity index (χ1) is 11.6. The number of carbonyl (C=O) groups excluding carboxylic acids is 2. The summed E-state index contributed by atoms with van der Waals surface area (Å²) in [6.07, 6.45) is 1.98. The van der Waals surface area contributed by atoms with Crippen LogP contribution in [0.4, 0.5) is 10.5 Å². The summed E-state index contributed by atoms with van der Waals surface area (Å²) in [5, 5.41) is 8.69. The van der Waals surface area contributed by atoms with Crippen molar-refractivity contribution in [1.82, 2.24) is 9.80 Å². The first kappa shape index (κ1) is 18.1. The molecule has 1 fully saturated rings. The van der Waals surface area contributed by atoms with Gasteiger partial charge in [0.25, 0.3) is 5.91 Å². The molecular formula is C17H25N3O4. The van der Waals surface area contributed by atoms with E-state index in [9.17, 15) is 9.59 Å². The highest BCUT2D eigenvalue weighted by Gasteiger charge is 2.25. The number of hydrogen-bond acceptors (Lipinski definition) is 5. The van der Waals surface area contributed by atoms with Gasteiger partial charge in [-0.05, 0) is 43.5 Å². The molecule has 1 heterocycles. The Labute approximate surface area is 142 Å². The number of unbranched alkanes of at least 4 members (excludes halogenated alkanes) is 2. The van der Waals surface area contributed by atoms with Gasteiger partial charge in [0.15, 0.2) is 0 Å². The maximum absolute atomic E-state index is 12.4. The molecule has 2 amide bonds. The molecule has 0 unspecified atom stereocenters. The number of piperazine rings is 1. The van der Waals surface area contributed by atoms with Crippen LogP contribution in [0.2, 0.25) is 0 Å². The Bertz CT molecular complexity index is 539. The maximum Gasteiger partial charge on any atom is 0.409 e. The summed E-state index contributed by atoms with van der Waals surface area (Å²) in [6, 6.07) is 6.84. The second kappa shape index (κ2) is 9.12. The van der Waals surface area contributed by atoms with Crippen LogP contribution in [0.1, 0.15) is 29.6 Å². The zero-order chi connectivity index (χ0) is 17.4. The van der Waals surface area contributed by atoms with Gasteiger partial charge in [0.05, 0.1) is 6.61 Å². The summed E-state index contributed by atoms with van der Waals surface area (Å²) >= 11 is 0. The molecule has 1 aromatic rings. The third-order valence-electron chi connectivity index (χ3n) is 4.01. The van der Waals surface area contributed by atoms with E-state index >= 15 is 0 Å². The number of benzene rings is 1. The third-order valence-corrected chi connectivity index (χ3v) is 4.01. The van der Waals surface area contributed by atoms with E-state index in [0.29, 0.717) is 44.0 Å². The SMILES string of the molecule is Nc1ccc(C(=O)N2CCN(C(=O)OCCCCCO)CC2)cc1. The molecule has 7 heteroatoms. The van der Waals surface area contributed by atoms with Gasteiger partial charge in [-0.1, -0.05) is 0 Å². The summed E-state index contributed by atoms with van der Waals surface area (Å²) in [4.78, 5) is 27.7. The fraction of sp³-hybridized carbons (Fsp3) is 0.529. The molecule has 0 aliphatic carbocycles. The number of aliphatic hydroxyl groups is 1. The highest BCUT2D eigenvalue weighted by Crippen LogP contribution is 2.12. The van der Waals surface area contributed by atoms with E-state index < -0.39 is 0 Å². The zero-order valence-corrected chi connectivity index (χ0v) is 13.8. The second-order valence-corrected chi connectivity index (χ2v) is 5.80. The number of hydrogen-bond donors (Lipinski definition) is 2. The van der Waals surface area contributed by atoms with Crippen molar-refractivity contribution in [2.45, 2.75) is 19.3 Å². The highest BCUT2D eigenvalue weighted by atomic mass is 16.6. The molecule has 0 radical (unpaired) electrons. The van der Waals surface area contributed by atoms with Crippen molar-refractivity contribution in [3.63, 3.8) is 0 Å². The van der Waals surface area contributed by atoms with E-state index in [1.54, 1.807) is 34.1 Å². The topological polar surface area (TPSA) is 96.1 Å². The van der Waals surface area contributed by atoms with Gasteiger partial charge in [0.2, 0.25) is 0 Å². The lowest BCUT2D eigenvalue weighted by Gasteiger charge is -2.34. The predicted molar refractivity (Wildman–Crippen MR) is 90.6 cm³/mol. The highest BCUT2D eigenvalue weighted by molar-refractivity contribution is 5.94. The number of rotatable bonds is 6. The number of nitrogens with zero attached hydrogens (tertiary/aromatic N) is 2. The predicted octanol–water partition coefficient (Wildman–Crippen LogP) is 1.33. The molecule has 0 spiro atoms. The number of nitrogen functional groups attached to an aromatic ring is 1. The standard InChI is InChI=1S/C17H25N3O4/c18-15-6-4-14(5-7-15)16(22)19-8-10-20(11-9-19)17(23)24-13-3-1-2-12-21/h4-7,21H,1-3,8-13,18H2. The van der Waals surface area contributed by atoms with E-state index in [1.807, 2.05) is 0 Å². The molecule has 0 aromatic heterocycles. The van der Waals surface area contributed by atoms with E-state index in [4.69, 9.17) is 15.6 Å². The van der Waals surface area contributed by atoms with Crippen LogP contribution >= 0.6 is 0 Å². The average molecular weight is 335 g/mol. The van der Waals surface area contributed by atoms with Crippen molar-refractivity contribution in [3.05, 3.63) is 29.8 Å². The van der Waals surface area contributed by atoms with Crippen LogP contribution in [0.3, 0.4) is 0 Å². The monoisotopic (exact) mass is 335 g/mol. The number of aliphatic hydroxyl groups excluding tert-OH is 1. The van der Waals surface area contributed by atoms with Crippen molar-refractivity contribution >= 4 is 17.7 Å². The van der Waals surface area contributed by atoms with Gasteiger partial charge in [0, 0.05) is 44.0 Å². The van der Waals surface area contributed by atoms with Gasteiger partial charge in [-0.2, -0.15) is 0 Å². The minimum absolute atomic E-state index is 0.0491. The quantitative estimate of drug-likeness (QED) is 0.604. The first-order valence-corrected chi connectivity index (χ1v) is 8.29. The van der Waals surface area contributed by atoms with Crippen LogP contribution < -0.4 is 5.73 Å². The summed E-state index contributed by atoms with van der Waals surface area (Å²) in [5.41, 5.74) is 6.85. The summed E-state index contributed by atoms with van der Waals surface area (Å²) in [5.74, 6) is -0.0491. The van der Waals surface area contributed by atoms with Crippen LogP contribution in [-0.2, 0) is 4.74 Å². The average Bonchev–Trinajstić information content (AvgIpc) is 2.61. The van der Waals surface area contributed by atoms with Crippen molar-refractivity contribution in [1.29, 1.82) is 0 Å². The normalized spacial score (nSPS) is 14.5. The molecule has 0 bridgehead atoms. The lowest BCUT2D eigenvalue weighted by atomic mass is 10.1. The van der Waals surface area contributed by atoms with Crippen molar-refractivity contribution in [2.24, 2.45) is 0 Å². The summed E-state index contributed by atoms with van der Waals surface area (Å²) in [6.45, 7) is 2.44. The van der Waals surface area contributed by atoms with Crippen LogP contribution in [-0.4, -0.2) is 66.3 Å². The smallest absolute Gasteiger partial charge is 0.409 e. The molecule has 1 aliphatic heterocycles. The molecule has 1 aliphatic rings. The Kier molecular flexibility index (Phi) is 6.87. The minimum Gasteiger partial charge on any atom is -0.449 e. The molecule has 24 heavy (non-hydrogen) atoms. The molecule has 3 N–H and O–H groups in total. The lowest BCUT2D eigenvalue weighted by Crippen LogP contribution is -2.50. The van der Waals surface area contributed by atoms with Gasteiger partial charge >= 0.3 is 6.09 Å². The molecule has 132 valence electrons. The van der Waals surface area contributed by atoms with Crippen LogP contribution in [0.5, 0.6) is 0 Å². The second-order valence-electron chi connectivity index (χ2n) is 5.80. The number of anilines is 1. The molecule has 2 rings (SSSR count). The largest absolute Gasteiger partial charge is 0.449 e. The van der Waals surface area contributed by atoms with E-state index in [0.717, 1.165) is 19.3 Å². The Morgan fingerprint density at radius 1 is 1.00 bits per heavy atom. The Hall–Kier alpha value is -2.28. The summed E-state index contributed by atoms with van der Waals surface area (Å²) in [7, 11) is 0. The van der Waals surface area contributed by atoms with Gasteiger partial charge < -0.3 is 25.4 Å². The maximum atomic E-state index is 12.4. The minimum atomic E-state index is -0.335. The first-order valence-electron chi connectivity index (χ1n) is 8.29. The third kappa shape index (κ3) is 5.13. The number of amides is 2. The van der Waals surface area contributed by atoms with Gasteiger partial charge in [-0.25, -0.2) is 4.79 Å². The molecule has 7 nitrogen and oxygen atoms in total. The molecule has 0 saturated carbocycles. The number of carbonyl (C=O) groups is 2. The summed E-state index contributed by atoms with van der Waals surface area (Å²) < 4.78 is 5.21. The Morgan fingerprint density at radius 2 is 1.62 bits per heavy atom. The van der Waals surface area contributed by atoms with Crippen LogP contribution in [0, 0.1) is 0 Å². The Balaban J connectivity index is 1.73. The molecule has 1 saturated heterocycles. The Morgan fingerprint density at radius 3 is 2.25 bits per heavy atom. The van der Waals surface area contributed by atoms with E-state index in [1.165, 1.54) is 0 Å². The zero-order valence-electron chi connectivity index (χ0n) is 13.8. The van der Waals surface area contributed by atoms with E-state index in [-0.39, 0.29) is 18.6 Å². The van der Waals surface area contributed by atoms with Crippen molar-refractivity contribution < 1.29 is 19.4 Å². The van der Waals surface area contributed by atoms with Crippen molar-refractivity contribution in [3.8, 4) is 0 Å². The number of nitrogens with two attached hydrogens (primary N) is 1. The van der Waals surface area contributed by atoms with Crippen molar-refractivity contribution in [2.75, 3.05) is 45.1 Å². The van der Waals surface area contributed by atoms with E-state index in [2.05, 4.69) is 0 Å². The molecule has 1 aromatic carbocycles. The van der Waals surface area contributed by atoms with Gasteiger partial charge in [-0.15, -0.1) is 0 Å². The molecular weight excluding hydrogens is 310 g/mol. The van der Waals surface area contributed by atoms with Crippen LogP contribution in [0.25, 0.3) is 0 Å². The van der Waals surface area contributed by atoms with Gasteiger partial charge in [0.1, 0.15) is 0 Å².